The van der Waals surface area contributed by atoms with Gasteiger partial charge in [-0.05, 0) is 56.7 Å². The Morgan fingerprint density at radius 3 is 2.69 bits per heavy atom. The summed E-state index contributed by atoms with van der Waals surface area (Å²) >= 11 is 0. The number of hydrogen-bond donors (Lipinski definition) is 3. The highest BCUT2D eigenvalue weighted by molar-refractivity contribution is 5.76. The van der Waals surface area contributed by atoms with Crippen LogP contribution in [0.25, 0.3) is 0 Å². The second-order valence-corrected chi connectivity index (χ2v) is 8.75. The van der Waals surface area contributed by atoms with Crippen molar-refractivity contribution in [3.63, 3.8) is 0 Å². The summed E-state index contributed by atoms with van der Waals surface area (Å²) in [5, 5.41) is 15.6. The van der Waals surface area contributed by atoms with Gasteiger partial charge in [0, 0.05) is 44.8 Å². The molecule has 0 spiro atoms. The molecule has 0 amide bonds. The first-order valence-corrected chi connectivity index (χ1v) is 12.1. The van der Waals surface area contributed by atoms with Crippen molar-refractivity contribution in [1.29, 1.82) is 0 Å². The smallest absolute Gasteiger partial charge is 0.419 e. The molecular weight excluding hydrogens is 477 g/mol. The monoisotopic (exact) mass is 510 g/mol. The third-order valence-corrected chi connectivity index (χ3v) is 6.04. The van der Waals surface area contributed by atoms with Crippen molar-refractivity contribution in [2.75, 3.05) is 50.5 Å². The first-order valence-electron chi connectivity index (χ1n) is 12.1. The molecule has 1 atom stereocenters. The van der Waals surface area contributed by atoms with E-state index in [2.05, 4.69) is 37.6 Å². The minimum absolute atomic E-state index is 0.161. The highest BCUT2D eigenvalue weighted by Crippen LogP contribution is 2.28. The van der Waals surface area contributed by atoms with Crippen molar-refractivity contribution in [2.24, 2.45) is 0 Å². The molecule has 9 nitrogen and oxygen atoms in total. The van der Waals surface area contributed by atoms with Crippen molar-refractivity contribution in [1.82, 2.24) is 19.9 Å². The number of ether oxygens (including phenoxy) is 1. The lowest BCUT2D eigenvalue weighted by Crippen LogP contribution is -2.37. The Labute approximate surface area is 208 Å². The summed E-state index contributed by atoms with van der Waals surface area (Å²) < 4.78 is 43.3. The fourth-order valence-corrected chi connectivity index (χ4v) is 3.98. The number of hydrogen-bond acceptors (Lipinski definition) is 8. The maximum absolute atomic E-state index is 12.7. The maximum Gasteiger partial charge on any atom is 0.419 e. The van der Waals surface area contributed by atoms with Gasteiger partial charge in [0.2, 0.25) is 5.95 Å². The molecule has 1 aliphatic rings. The molecule has 0 aliphatic carbocycles. The number of aromatic nitrogens is 3. The number of unbranched alkanes of at least 4 members (excludes halogenated alkanes) is 1. The Morgan fingerprint density at radius 2 is 2.00 bits per heavy atom. The SMILES string of the molecule is COCCN(CCCCc1ccc2c(n1)NCCC2)CC[C@H](Nc1ncc(C(F)(F)F)cn1)C(=O)O. The van der Waals surface area contributed by atoms with E-state index in [1.807, 2.05) is 0 Å². The molecule has 0 radical (unpaired) electrons. The average molecular weight is 511 g/mol. The first-order chi connectivity index (χ1) is 17.3. The minimum atomic E-state index is -4.56. The number of aliphatic carboxylic acids is 1. The predicted octanol–water partition coefficient (Wildman–Crippen LogP) is 3.48. The number of methoxy groups -OCH3 is 1. The van der Waals surface area contributed by atoms with E-state index in [0.29, 0.717) is 32.1 Å². The lowest BCUT2D eigenvalue weighted by atomic mass is 10.1. The van der Waals surface area contributed by atoms with E-state index in [-0.39, 0.29) is 12.4 Å². The summed E-state index contributed by atoms with van der Waals surface area (Å²) in [5.74, 6) is -0.298. The summed E-state index contributed by atoms with van der Waals surface area (Å²) in [4.78, 5) is 25.8. The summed E-state index contributed by atoms with van der Waals surface area (Å²) in [6.45, 7) is 3.33. The minimum Gasteiger partial charge on any atom is -0.480 e. The molecule has 0 saturated carbocycles. The largest absolute Gasteiger partial charge is 0.480 e. The number of pyridine rings is 1. The molecule has 3 N–H and O–H groups in total. The van der Waals surface area contributed by atoms with Gasteiger partial charge in [-0.3, -0.25) is 0 Å². The number of nitrogens with one attached hydrogen (secondary N) is 2. The molecule has 3 heterocycles. The lowest BCUT2D eigenvalue weighted by Gasteiger charge is -2.24. The number of rotatable bonds is 14. The van der Waals surface area contributed by atoms with Crippen LogP contribution in [0.5, 0.6) is 0 Å². The van der Waals surface area contributed by atoms with Crippen LogP contribution in [0.3, 0.4) is 0 Å². The van der Waals surface area contributed by atoms with Crippen LogP contribution in [-0.4, -0.2) is 76.9 Å². The first kappa shape index (κ1) is 27.6. The Kier molecular flexibility index (Phi) is 10.2. The van der Waals surface area contributed by atoms with Gasteiger partial charge in [0.05, 0.1) is 12.2 Å². The van der Waals surface area contributed by atoms with Crippen molar-refractivity contribution in [3.8, 4) is 0 Å². The zero-order chi connectivity index (χ0) is 26.0. The van der Waals surface area contributed by atoms with Gasteiger partial charge < -0.3 is 25.4 Å². The van der Waals surface area contributed by atoms with Gasteiger partial charge in [-0.1, -0.05) is 6.07 Å². The van der Waals surface area contributed by atoms with E-state index >= 15 is 0 Å². The summed E-state index contributed by atoms with van der Waals surface area (Å²) in [5.41, 5.74) is 1.32. The van der Waals surface area contributed by atoms with E-state index in [1.54, 1.807) is 7.11 Å². The number of aryl methyl sites for hydroxylation is 2. The topological polar surface area (TPSA) is 113 Å². The van der Waals surface area contributed by atoms with Crippen LogP contribution >= 0.6 is 0 Å². The number of alkyl halides is 3. The predicted molar refractivity (Wildman–Crippen MR) is 129 cm³/mol. The number of halogens is 3. The zero-order valence-electron chi connectivity index (χ0n) is 20.4. The molecule has 0 saturated heterocycles. The fourth-order valence-electron chi connectivity index (χ4n) is 3.98. The van der Waals surface area contributed by atoms with Crippen LogP contribution in [-0.2, 0) is 28.5 Å². The third-order valence-electron chi connectivity index (χ3n) is 6.04. The van der Waals surface area contributed by atoms with Gasteiger partial charge >= 0.3 is 12.1 Å². The van der Waals surface area contributed by atoms with Crippen LogP contribution in [0, 0.1) is 0 Å². The van der Waals surface area contributed by atoms with Crippen LogP contribution in [0.4, 0.5) is 24.9 Å². The highest BCUT2D eigenvalue weighted by atomic mass is 19.4. The van der Waals surface area contributed by atoms with Gasteiger partial charge in [-0.2, -0.15) is 13.2 Å². The molecule has 198 valence electrons. The highest BCUT2D eigenvalue weighted by Gasteiger charge is 2.31. The quantitative estimate of drug-likeness (QED) is 0.329. The number of nitrogens with zero attached hydrogens (tertiary/aromatic N) is 4. The number of anilines is 2. The van der Waals surface area contributed by atoms with Gasteiger partial charge in [0.1, 0.15) is 11.9 Å². The Bertz CT molecular complexity index is 975. The standard InChI is InChI=1S/C24H33F3N6O3/c1-36-14-13-33(11-3-2-6-19-8-7-17-5-4-10-28-21(17)31-19)12-9-20(22(34)35)32-23-29-15-18(16-30-23)24(25,26)27/h7-8,15-16,20H,2-6,9-14H2,1H3,(H,28,31)(H,34,35)(H,29,30,32)/t20-/m0/s1. The van der Waals surface area contributed by atoms with Crippen molar-refractivity contribution in [2.45, 2.75) is 50.7 Å². The van der Waals surface area contributed by atoms with Crippen LogP contribution < -0.4 is 10.6 Å². The third kappa shape index (κ3) is 8.59. The van der Waals surface area contributed by atoms with E-state index in [4.69, 9.17) is 9.72 Å². The molecule has 36 heavy (non-hydrogen) atoms. The van der Waals surface area contributed by atoms with Gasteiger partial charge in [-0.15, -0.1) is 0 Å². The molecule has 2 aromatic rings. The normalized spacial score (nSPS) is 14.2. The Hall–Kier alpha value is -2.99. The molecular formula is C24H33F3N6O3. The average Bonchev–Trinajstić information content (AvgIpc) is 2.86. The van der Waals surface area contributed by atoms with Gasteiger partial charge in [-0.25, -0.2) is 19.7 Å². The molecule has 2 aromatic heterocycles. The maximum atomic E-state index is 12.7. The van der Waals surface area contributed by atoms with Crippen molar-refractivity contribution in [3.05, 3.63) is 41.3 Å². The second kappa shape index (κ2) is 13.4. The summed E-state index contributed by atoms with van der Waals surface area (Å²) in [6, 6.07) is 3.19. The number of carboxylic acid groups (broad SMARTS) is 1. The van der Waals surface area contributed by atoms with Crippen LogP contribution in [0.1, 0.15) is 42.5 Å². The molecule has 3 rings (SSSR count). The Morgan fingerprint density at radius 1 is 1.22 bits per heavy atom. The fraction of sp³-hybridized carbons (Fsp3) is 0.583. The van der Waals surface area contributed by atoms with E-state index in [9.17, 15) is 23.1 Å². The van der Waals surface area contributed by atoms with Crippen LogP contribution in [0.2, 0.25) is 0 Å². The summed E-state index contributed by atoms with van der Waals surface area (Å²) in [6.07, 6.45) is 1.82. The molecule has 0 aromatic carbocycles. The molecule has 0 bridgehead atoms. The molecule has 1 aliphatic heterocycles. The van der Waals surface area contributed by atoms with Gasteiger partial charge in [0.25, 0.3) is 0 Å². The lowest BCUT2D eigenvalue weighted by molar-refractivity contribution is -0.139. The Balaban J connectivity index is 1.48. The van der Waals surface area contributed by atoms with Gasteiger partial charge in [0.15, 0.2) is 0 Å². The molecule has 0 fully saturated rings. The number of carboxylic acids is 1. The van der Waals surface area contributed by atoms with E-state index < -0.39 is 23.8 Å². The zero-order valence-corrected chi connectivity index (χ0v) is 20.4. The molecule has 12 heteroatoms. The number of carbonyl (C=O) groups is 1. The number of fused-ring (bicyclic) bond motifs is 1. The van der Waals surface area contributed by atoms with Crippen molar-refractivity contribution >= 4 is 17.7 Å². The second-order valence-electron chi connectivity index (χ2n) is 8.75. The van der Waals surface area contributed by atoms with E-state index in [0.717, 1.165) is 56.7 Å². The van der Waals surface area contributed by atoms with E-state index in [1.165, 1.54) is 5.56 Å². The molecule has 0 unspecified atom stereocenters. The van der Waals surface area contributed by atoms with Crippen LogP contribution in [0.15, 0.2) is 24.5 Å². The van der Waals surface area contributed by atoms with Crippen molar-refractivity contribution < 1.29 is 27.8 Å². The summed E-state index contributed by atoms with van der Waals surface area (Å²) in [7, 11) is 1.61.